The third kappa shape index (κ3) is 3.11. The number of rotatable bonds is 5. The Bertz CT molecular complexity index is 636. The Labute approximate surface area is 132 Å². The van der Waals surface area contributed by atoms with Crippen LogP contribution < -0.4 is 14.4 Å². The number of fused-ring (bicyclic) bond motifs is 1. The standard InChI is InChI=1S/C18H24N2O2/c1-3-21-16-10-14-12-18(20-8-6-5-7-9-20)19-13-15(14)11-17(16)22-4-2/h10-13H,3-9H2,1-2H3. The number of piperidine rings is 1. The number of pyridine rings is 1. The monoisotopic (exact) mass is 300 g/mol. The van der Waals surface area contributed by atoms with E-state index >= 15 is 0 Å². The highest BCUT2D eigenvalue weighted by Crippen LogP contribution is 2.34. The topological polar surface area (TPSA) is 34.6 Å². The van der Waals surface area contributed by atoms with Crippen molar-refractivity contribution in [2.24, 2.45) is 0 Å². The fourth-order valence-corrected chi connectivity index (χ4v) is 2.97. The van der Waals surface area contributed by atoms with Gasteiger partial charge in [-0.25, -0.2) is 4.98 Å². The number of aromatic nitrogens is 1. The first-order chi connectivity index (χ1) is 10.8. The van der Waals surface area contributed by atoms with Crippen molar-refractivity contribution < 1.29 is 9.47 Å². The molecule has 2 aromatic rings. The minimum Gasteiger partial charge on any atom is -0.490 e. The minimum absolute atomic E-state index is 0.630. The molecule has 4 heteroatoms. The molecular weight excluding hydrogens is 276 g/mol. The molecule has 118 valence electrons. The summed E-state index contributed by atoms with van der Waals surface area (Å²) in [5.41, 5.74) is 0. The number of ether oxygens (including phenoxy) is 2. The van der Waals surface area contributed by atoms with Gasteiger partial charge < -0.3 is 14.4 Å². The van der Waals surface area contributed by atoms with Crippen LogP contribution in [0.1, 0.15) is 33.1 Å². The smallest absolute Gasteiger partial charge is 0.161 e. The van der Waals surface area contributed by atoms with Crippen LogP contribution in [-0.2, 0) is 0 Å². The predicted molar refractivity (Wildman–Crippen MR) is 90.1 cm³/mol. The molecule has 0 bridgehead atoms. The average Bonchev–Trinajstić information content (AvgIpc) is 2.56. The summed E-state index contributed by atoms with van der Waals surface area (Å²) < 4.78 is 11.4. The molecule has 0 radical (unpaired) electrons. The zero-order chi connectivity index (χ0) is 15.4. The van der Waals surface area contributed by atoms with Crippen LogP contribution in [0.4, 0.5) is 5.82 Å². The van der Waals surface area contributed by atoms with Crippen LogP contribution in [0.5, 0.6) is 11.5 Å². The van der Waals surface area contributed by atoms with Crippen molar-refractivity contribution in [2.75, 3.05) is 31.2 Å². The van der Waals surface area contributed by atoms with E-state index in [9.17, 15) is 0 Å². The third-order valence-electron chi connectivity index (χ3n) is 4.05. The Morgan fingerprint density at radius 1 is 0.909 bits per heavy atom. The van der Waals surface area contributed by atoms with Crippen LogP contribution in [0.2, 0.25) is 0 Å². The second kappa shape index (κ2) is 6.86. The normalized spacial score (nSPS) is 15.1. The molecule has 2 heterocycles. The van der Waals surface area contributed by atoms with Crippen molar-refractivity contribution >= 4 is 16.6 Å². The van der Waals surface area contributed by atoms with Crippen LogP contribution in [0, 0.1) is 0 Å². The van der Waals surface area contributed by atoms with Crippen LogP contribution >= 0.6 is 0 Å². The lowest BCUT2D eigenvalue weighted by Gasteiger charge is -2.27. The molecule has 0 unspecified atom stereocenters. The summed E-state index contributed by atoms with van der Waals surface area (Å²) in [6, 6.07) is 6.26. The zero-order valence-corrected chi connectivity index (χ0v) is 13.5. The van der Waals surface area contributed by atoms with E-state index in [2.05, 4.69) is 22.0 Å². The largest absolute Gasteiger partial charge is 0.490 e. The highest BCUT2D eigenvalue weighted by Gasteiger charge is 2.14. The fraction of sp³-hybridized carbons (Fsp3) is 0.500. The van der Waals surface area contributed by atoms with Gasteiger partial charge in [-0.05, 0) is 56.7 Å². The van der Waals surface area contributed by atoms with Gasteiger partial charge in [-0.15, -0.1) is 0 Å². The third-order valence-corrected chi connectivity index (χ3v) is 4.05. The number of benzene rings is 1. The Hall–Kier alpha value is -1.97. The van der Waals surface area contributed by atoms with E-state index in [1.54, 1.807) is 0 Å². The quantitative estimate of drug-likeness (QED) is 0.835. The Morgan fingerprint density at radius 2 is 1.55 bits per heavy atom. The van der Waals surface area contributed by atoms with Crippen molar-refractivity contribution in [2.45, 2.75) is 33.1 Å². The maximum Gasteiger partial charge on any atom is 0.161 e. The molecule has 0 spiro atoms. The summed E-state index contributed by atoms with van der Waals surface area (Å²) >= 11 is 0. The molecule has 1 aliphatic heterocycles. The molecule has 1 saturated heterocycles. The molecule has 0 aliphatic carbocycles. The lowest BCUT2D eigenvalue weighted by molar-refractivity contribution is 0.288. The van der Waals surface area contributed by atoms with Gasteiger partial charge in [0, 0.05) is 24.7 Å². The SMILES string of the molecule is CCOc1cc2cnc(N3CCCCC3)cc2cc1OCC. The molecule has 3 rings (SSSR count). The van der Waals surface area contributed by atoms with Gasteiger partial charge in [0.25, 0.3) is 0 Å². The second-order valence-electron chi connectivity index (χ2n) is 5.60. The molecule has 0 N–H and O–H groups in total. The Balaban J connectivity index is 1.97. The number of hydrogen-bond acceptors (Lipinski definition) is 4. The number of nitrogens with zero attached hydrogens (tertiary/aromatic N) is 2. The highest BCUT2D eigenvalue weighted by atomic mass is 16.5. The first-order valence-corrected chi connectivity index (χ1v) is 8.26. The predicted octanol–water partition coefficient (Wildman–Crippen LogP) is 4.02. The first kappa shape index (κ1) is 14.9. The Kier molecular flexibility index (Phi) is 4.66. The van der Waals surface area contributed by atoms with E-state index in [0.29, 0.717) is 13.2 Å². The van der Waals surface area contributed by atoms with Gasteiger partial charge in [-0.2, -0.15) is 0 Å². The zero-order valence-electron chi connectivity index (χ0n) is 13.5. The summed E-state index contributed by atoms with van der Waals surface area (Å²) in [6.07, 6.45) is 5.79. The van der Waals surface area contributed by atoms with E-state index in [0.717, 1.165) is 41.2 Å². The van der Waals surface area contributed by atoms with E-state index in [4.69, 9.17) is 9.47 Å². The molecular formula is C18H24N2O2. The van der Waals surface area contributed by atoms with E-state index in [1.165, 1.54) is 19.3 Å². The van der Waals surface area contributed by atoms with Crippen molar-refractivity contribution in [3.05, 3.63) is 24.4 Å². The number of hydrogen-bond donors (Lipinski definition) is 0. The lowest BCUT2D eigenvalue weighted by Crippen LogP contribution is -2.30. The molecule has 0 atom stereocenters. The van der Waals surface area contributed by atoms with Gasteiger partial charge in [0.2, 0.25) is 0 Å². The van der Waals surface area contributed by atoms with E-state index < -0.39 is 0 Å². The van der Waals surface area contributed by atoms with E-state index in [1.807, 2.05) is 26.1 Å². The van der Waals surface area contributed by atoms with Crippen molar-refractivity contribution in [1.29, 1.82) is 0 Å². The fourth-order valence-electron chi connectivity index (χ4n) is 2.97. The molecule has 4 nitrogen and oxygen atoms in total. The summed E-state index contributed by atoms with van der Waals surface area (Å²) in [7, 11) is 0. The molecule has 1 fully saturated rings. The lowest BCUT2D eigenvalue weighted by atomic mass is 10.1. The first-order valence-electron chi connectivity index (χ1n) is 8.26. The van der Waals surface area contributed by atoms with E-state index in [-0.39, 0.29) is 0 Å². The van der Waals surface area contributed by atoms with Gasteiger partial charge in [0.1, 0.15) is 5.82 Å². The number of anilines is 1. The molecule has 22 heavy (non-hydrogen) atoms. The van der Waals surface area contributed by atoms with Gasteiger partial charge in [0.05, 0.1) is 13.2 Å². The molecule has 1 aliphatic rings. The van der Waals surface area contributed by atoms with Gasteiger partial charge in [-0.3, -0.25) is 0 Å². The minimum atomic E-state index is 0.630. The maximum atomic E-state index is 5.72. The van der Waals surface area contributed by atoms with Crippen LogP contribution in [0.25, 0.3) is 10.8 Å². The van der Waals surface area contributed by atoms with Crippen LogP contribution in [-0.4, -0.2) is 31.3 Å². The second-order valence-corrected chi connectivity index (χ2v) is 5.60. The van der Waals surface area contributed by atoms with Gasteiger partial charge >= 0.3 is 0 Å². The molecule has 1 aromatic heterocycles. The Morgan fingerprint density at radius 3 is 2.18 bits per heavy atom. The van der Waals surface area contributed by atoms with Crippen LogP contribution in [0.15, 0.2) is 24.4 Å². The summed E-state index contributed by atoms with van der Waals surface area (Å²) in [6.45, 7) is 7.45. The molecule has 0 saturated carbocycles. The summed E-state index contributed by atoms with van der Waals surface area (Å²) in [4.78, 5) is 7.01. The molecule has 1 aromatic carbocycles. The van der Waals surface area contributed by atoms with Crippen molar-refractivity contribution in [3.63, 3.8) is 0 Å². The summed E-state index contributed by atoms with van der Waals surface area (Å²) in [5.74, 6) is 2.68. The summed E-state index contributed by atoms with van der Waals surface area (Å²) in [5, 5.41) is 2.25. The molecule has 0 amide bonds. The highest BCUT2D eigenvalue weighted by molar-refractivity contribution is 5.87. The van der Waals surface area contributed by atoms with Gasteiger partial charge in [0.15, 0.2) is 11.5 Å². The van der Waals surface area contributed by atoms with Crippen molar-refractivity contribution in [3.8, 4) is 11.5 Å². The average molecular weight is 300 g/mol. The maximum absolute atomic E-state index is 5.72. The van der Waals surface area contributed by atoms with Crippen LogP contribution in [0.3, 0.4) is 0 Å². The van der Waals surface area contributed by atoms with Gasteiger partial charge in [-0.1, -0.05) is 0 Å². The van der Waals surface area contributed by atoms with Crippen molar-refractivity contribution in [1.82, 2.24) is 4.98 Å².